The van der Waals surface area contributed by atoms with Gasteiger partial charge in [-0.3, -0.25) is 0 Å². The Kier molecular flexibility index (Phi) is 6.11. The van der Waals surface area contributed by atoms with E-state index < -0.39 is 11.2 Å². The summed E-state index contributed by atoms with van der Waals surface area (Å²) in [6.45, 7) is 0. The molecule has 0 aromatic heterocycles. The van der Waals surface area contributed by atoms with E-state index in [0.717, 1.165) is 12.5 Å². The van der Waals surface area contributed by atoms with Gasteiger partial charge in [-0.1, -0.05) is 0 Å². The molecule has 0 aliphatic carbocycles. The molecule has 0 rings (SSSR count). The van der Waals surface area contributed by atoms with E-state index in [1.165, 1.54) is 12.2 Å². The van der Waals surface area contributed by atoms with Gasteiger partial charge < -0.3 is 14.8 Å². The van der Waals surface area contributed by atoms with Crippen molar-refractivity contribution in [3.63, 3.8) is 0 Å². The van der Waals surface area contributed by atoms with Gasteiger partial charge in [0.25, 0.3) is 0 Å². The Balaban J connectivity index is 3.33. The van der Waals surface area contributed by atoms with Crippen LogP contribution in [0.2, 0.25) is 0 Å². The standard InChI is InChI=1S/C6H10O3S/c7-3-1-5-10(9)6-2-4-8/h1-4,7-8H,5-6H2. The first-order valence-electron chi connectivity index (χ1n) is 2.74. The van der Waals surface area contributed by atoms with Gasteiger partial charge in [0.15, 0.2) is 0 Å². The molecule has 4 heteroatoms. The Morgan fingerprint density at radius 1 is 1.10 bits per heavy atom. The second kappa shape index (κ2) is 6.51. The van der Waals surface area contributed by atoms with Crippen LogP contribution in [0.15, 0.2) is 24.7 Å². The van der Waals surface area contributed by atoms with Crippen molar-refractivity contribution >= 4 is 11.2 Å². The topological polar surface area (TPSA) is 63.5 Å². The Bertz CT molecular complexity index is 108. The van der Waals surface area contributed by atoms with Gasteiger partial charge in [-0.15, -0.1) is 0 Å². The van der Waals surface area contributed by atoms with Crippen molar-refractivity contribution in [2.24, 2.45) is 0 Å². The van der Waals surface area contributed by atoms with Crippen LogP contribution in [0.3, 0.4) is 0 Å². The van der Waals surface area contributed by atoms with Crippen LogP contribution in [0.4, 0.5) is 0 Å². The molecule has 0 aliphatic rings. The minimum atomic E-state index is -1.01. The van der Waals surface area contributed by atoms with E-state index in [0.29, 0.717) is 11.5 Å². The molecule has 10 heavy (non-hydrogen) atoms. The number of hydrogen-bond donors (Lipinski definition) is 2. The van der Waals surface area contributed by atoms with Gasteiger partial charge in [-0.2, -0.15) is 0 Å². The van der Waals surface area contributed by atoms with E-state index in [1.807, 2.05) is 0 Å². The molecule has 0 saturated carbocycles. The third-order valence-electron chi connectivity index (χ3n) is 0.775. The lowest BCUT2D eigenvalue weighted by Crippen LogP contribution is -2.07. The van der Waals surface area contributed by atoms with Crippen LogP contribution in [0, 0.1) is 0 Å². The summed E-state index contributed by atoms with van der Waals surface area (Å²) < 4.78 is 10.7. The highest BCUT2D eigenvalue weighted by molar-refractivity contribution is 7.91. The van der Waals surface area contributed by atoms with Crippen LogP contribution < -0.4 is 0 Å². The third-order valence-corrected chi connectivity index (χ3v) is 1.90. The summed E-state index contributed by atoms with van der Waals surface area (Å²) in [7, 11) is 0. The van der Waals surface area contributed by atoms with Crippen LogP contribution in [-0.4, -0.2) is 26.3 Å². The quantitative estimate of drug-likeness (QED) is 0.476. The normalized spacial score (nSPS) is 14.9. The van der Waals surface area contributed by atoms with Gasteiger partial charge in [0.1, 0.15) is 11.5 Å². The number of hydrogen-bond acceptors (Lipinski definition) is 3. The zero-order chi connectivity index (χ0) is 7.82. The molecule has 0 saturated heterocycles. The van der Waals surface area contributed by atoms with Gasteiger partial charge in [-0.25, -0.2) is 0 Å². The Morgan fingerprint density at radius 3 is 1.80 bits per heavy atom. The largest absolute Gasteiger partial charge is 0.616 e. The van der Waals surface area contributed by atoms with Crippen LogP contribution >= 0.6 is 0 Å². The van der Waals surface area contributed by atoms with E-state index >= 15 is 0 Å². The lowest BCUT2D eigenvalue weighted by atomic mass is 10.7. The van der Waals surface area contributed by atoms with Crippen molar-refractivity contribution in [1.82, 2.24) is 0 Å². The van der Waals surface area contributed by atoms with Crippen molar-refractivity contribution in [2.45, 2.75) is 0 Å². The molecule has 0 fully saturated rings. The first kappa shape index (κ1) is 9.39. The minimum absolute atomic E-state index is 0.320. The van der Waals surface area contributed by atoms with E-state index in [2.05, 4.69) is 0 Å². The van der Waals surface area contributed by atoms with Crippen molar-refractivity contribution in [3.05, 3.63) is 24.7 Å². The van der Waals surface area contributed by atoms with Crippen molar-refractivity contribution < 1.29 is 14.8 Å². The van der Waals surface area contributed by atoms with Crippen LogP contribution in [0.5, 0.6) is 0 Å². The lowest BCUT2D eigenvalue weighted by molar-refractivity contribution is 0.472. The molecule has 0 amide bonds. The Hall–Kier alpha value is -0.610. The van der Waals surface area contributed by atoms with Gasteiger partial charge in [0, 0.05) is 0 Å². The molecule has 0 aliphatic heterocycles. The molecule has 0 spiro atoms. The third kappa shape index (κ3) is 5.53. The van der Waals surface area contributed by atoms with E-state index in [1.54, 1.807) is 0 Å². The van der Waals surface area contributed by atoms with Gasteiger partial charge >= 0.3 is 0 Å². The summed E-state index contributed by atoms with van der Waals surface area (Å²) >= 11 is -1.01. The number of rotatable bonds is 4. The van der Waals surface area contributed by atoms with Crippen LogP contribution in [0.1, 0.15) is 0 Å². The van der Waals surface area contributed by atoms with Gasteiger partial charge in [0.2, 0.25) is 0 Å². The smallest absolute Gasteiger partial charge is 0.127 e. The van der Waals surface area contributed by atoms with Gasteiger partial charge in [-0.05, 0) is 23.3 Å². The number of aliphatic hydroxyl groups is 2. The highest BCUT2D eigenvalue weighted by atomic mass is 32.2. The highest BCUT2D eigenvalue weighted by Gasteiger charge is 1.97. The summed E-state index contributed by atoms with van der Waals surface area (Å²) in [5, 5.41) is 16.3. The minimum Gasteiger partial charge on any atom is -0.616 e. The Labute approximate surface area is 62.9 Å². The van der Waals surface area contributed by atoms with Crippen molar-refractivity contribution in [2.75, 3.05) is 11.5 Å². The molecule has 0 aromatic carbocycles. The summed E-state index contributed by atoms with van der Waals surface area (Å²) in [4.78, 5) is 0. The second-order valence-corrected chi connectivity index (χ2v) is 3.09. The first-order valence-corrected chi connectivity index (χ1v) is 4.23. The molecular formula is C6H10O3S. The maximum Gasteiger partial charge on any atom is 0.127 e. The monoisotopic (exact) mass is 162 g/mol. The maximum absolute atomic E-state index is 10.7. The fourth-order valence-electron chi connectivity index (χ4n) is 0.369. The molecule has 0 bridgehead atoms. The maximum atomic E-state index is 10.7. The molecule has 0 aromatic rings. The zero-order valence-electron chi connectivity index (χ0n) is 5.43. The number of aliphatic hydroxyl groups excluding tert-OH is 2. The molecule has 2 N–H and O–H groups in total. The summed E-state index contributed by atoms with van der Waals surface area (Å²) in [6.07, 6.45) is 4.53. The molecule has 0 radical (unpaired) electrons. The van der Waals surface area contributed by atoms with E-state index in [4.69, 9.17) is 10.2 Å². The average Bonchev–Trinajstić information content (AvgIpc) is 1.97. The van der Waals surface area contributed by atoms with Crippen LogP contribution in [0.25, 0.3) is 0 Å². The fraction of sp³-hybridized carbons (Fsp3) is 0.333. The molecule has 0 heterocycles. The predicted molar refractivity (Wildman–Crippen MR) is 41.4 cm³/mol. The highest BCUT2D eigenvalue weighted by Crippen LogP contribution is 1.91. The van der Waals surface area contributed by atoms with E-state index in [-0.39, 0.29) is 0 Å². The van der Waals surface area contributed by atoms with Crippen molar-refractivity contribution in [1.29, 1.82) is 0 Å². The summed E-state index contributed by atoms with van der Waals surface area (Å²) in [5.74, 6) is 0.641. The first-order chi connectivity index (χ1) is 4.81. The van der Waals surface area contributed by atoms with Gasteiger partial charge in [0.05, 0.1) is 12.5 Å². The van der Waals surface area contributed by atoms with E-state index in [9.17, 15) is 4.55 Å². The predicted octanol–water partition coefficient (Wildman–Crippen LogP) is 0.879. The Morgan fingerprint density at radius 2 is 1.50 bits per heavy atom. The lowest BCUT2D eigenvalue weighted by Gasteiger charge is -2.03. The summed E-state index contributed by atoms with van der Waals surface area (Å²) in [6, 6.07) is 0. The SMILES string of the molecule is [O-][S+](CC=CO)CC=CO. The second-order valence-electron chi connectivity index (χ2n) is 1.54. The molecule has 58 valence electrons. The molecule has 0 unspecified atom stereocenters. The fourth-order valence-corrected chi connectivity index (χ4v) is 1.11. The molecule has 0 atom stereocenters. The zero-order valence-corrected chi connectivity index (χ0v) is 6.25. The van der Waals surface area contributed by atoms with Crippen LogP contribution in [-0.2, 0) is 11.2 Å². The molecular weight excluding hydrogens is 152 g/mol. The van der Waals surface area contributed by atoms with Crippen molar-refractivity contribution in [3.8, 4) is 0 Å². The summed E-state index contributed by atoms with van der Waals surface area (Å²) in [5.41, 5.74) is 0. The molecule has 3 nitrogen and oxygen atoms in total. The average molecular weight is 162 g/mol.